The van der Waals surface area contributed by atoms with E-state index in [2.05, 4.69) is 85.8 Å². The zero-order chi connectivity index (χ0) is 27.1. The molecule has 0 saturated carbocycles. The van der Waals surface area contributed by atoms with Crippen LogP contribution in [0.4, 0.5) is 5.69 Å². The molecule has 1 aliphatic rings. The molecule has 2 aromatic carbocycles. The Labute approximate surface area is 231 Å². The molecule has 38 heavy (non-hydrogen) atoms. The Morgan fingerprint density at radius 1 is 0.921 bits per heavy atom. The summed E-state index contributed by atoms with van der Waals surface area (Å²) in [6.45, 7) is 15.0. The average molecular weight is 525 g/mol. The standard InChI is InChI=1S/C32H36N4OS/c1-19(2)37-26-13-11-25(12-14-26)36-31(29(34-32(36)38)28-10-8-9-15-33-28)27-18-23(6)35(24(27)7)30-21(4)16-20(3)17-22(30)5/h8-19,29,31H,1-7H3,(H,34,38)/t29-,31-/m1/s1. The number of thiocarbonyl (C=S) groups is 1. The molecule has 2 atom stereocenters. The SMILES string of the molecule is Cc1cc(C)c(-n2c(C)cc([C@@H]3[C@@H](c4ccccn4)NC(=S)N3c3ccc(OC(C)C)cc3)c2C)c(C)c1. The van der Waals surface area contributed by atoms with Crippen LogP contribution in [0, 0.1) is 34.6 Å². The summed E-state index contributed by atoms with van der Waals surface area (Å²) in [5, 5.41) is 4.28. The normalized spacial score (nSPS) is 17.3. The molecule has 196 valence electrons. The van der Waals surface area contributed by atoms with Crippen molar-refractivity contribution in [1.29, 1.82) is 0 Å². The van der Waals surface area contributed by atoms with Crippen molar-refractivity contribution in [1.82, 2.24) is 14.9 Å². The summed E-state index contributed by atoms with van der Waals surface area (Å²) in [5.74, 6) is 0.850. The highest BCUT2D eigenvalue weighted by atomic mass is 32.1. The fourth-order valence-electron chi connectivity index (χ4n) is 5.86. The van der Waals surface area contributed by atoms with E-state index < -0.39 is 0 Å². The molecule has 0 spiro atoms. The van der Waals surface area contributed by atoms with E-state index in [0.717, 1.165) is 17.1 Å². The fraction of sp³-hybridized carbons (Fsp3) is 0.312. The van der Waals surface area contributed by atoms with Crippen LogP contribution in [0.15, 0.2) is 66.9 Å². The van der Waals surface area contributed by atoms with Gasteiger partial charge < -0.3 is 19.5 Å². The van der Waals surface area contributed by atoms with E-state index in [-0.39, 0.29) is 18.2 Å². The summed E-state index contributed by atoms with van der Waals surface area (Å²) >= 11 is 5.96. The predicted molar refractivity (Wildman–Crippen MR) is 160 cm³/mol. The van der Waals surface area contributed by atoms with Crippen molar-refractivity contribution in [2.24, 2.45) is 0 Å². The third-order valence-corrected chi connectivity index (χ3v) is 7.55. The summed E-state index contributed by atoms with van der Waals surface area (Å²) < 4.78 is 8.30. The third-order valence-electron chi connectivity index (χ3n) is 7.23. The highest BCUT2D eigenvalue weighted by Crippen LogP contribution is 2.44. The van der Waals surface area contributed by atoms with Crippen LogP contribution in [0.25, 0.3) is 5.69 Å². The molecule has 2 aromatic heterocycles. The van der Waals surface area contributed by atoms with Gasteiger partial charge in [0, 0.05) is 23.3 Å². The zero-order valence-electron chi connectivity index (χ0n) is 23.2. The Morgan fingerprint density at radius 3 is 2.21 bits per heavy atom. The Bertz CT molecular complexity index is 1450. The number of hydrogen-bond acceptors (Lipinski definition) is 3. The molecule has 5 rings (SSSR count). The van der Waals surface area contributed by atoms with Gasteiger partial charge in [-0.3, -0.25) is 4.98 Å². The molecular weight excluding hydrogens is 488 g/mol. The lowest BCUT2D eigenvalue weighted by molar-refractivity contribution is 0.242. The van der Waals surface area contributed by atoms with Gasteiger partial charge in [-0.1, -0.05) is 23.8 Å². The van der Waals surface area contributed by atoms with Gasteiger partial charge in [-0.15, -0.1) is 0 Å². The summed E-state index contributed by atoms with van der Waals surface area (Å²) in [6.07, 6.45) is 1.97. The van der Waals surface area contributed by atoms with Crippen LogP contribution in [0.5, 0.6) is 5.75 Å². The second-order valence-electron chi connectivity index (χ2n) is 10.6. The number of rotatable bonds is 6. The highest BCUT2D eigenvalue weighted by molar-refractivity contribution is 7.80. The number of hydrogen-bond donors (Lipinski definition) is 1. The molecule has 0 bridgehead atoms. The minimum Gasteiger partial charge on any atom is -0.491 e. The molecule has 1 aliphatic heterocycles. The Balaban J connectivity index is 1.66. The molecular formula is C32H36N4OS. The van der Waals surface area contributed by atoms with E-state index in [4.69, 9.17) is 21.9 Å². The van der Waals surface area contributed by atoms with E-state index >= 15 is 0 Å². The maximum absolute atomic E-state index is 5.96. The molecule has 3 heterocycles. The van der Waals surface area contributed by atoms with Gasteiger partial charge >= 0.3 is 0 Å². The van der Waals surface area contributed by atoms with Crippen LogP contribution in [-0.2, 0) is 0 Å². The van der Waals surface area contributed by atoms with Crippen molar-refractivity contribution in [3.8, 4) is 11.4 Å². The maximum Gasteiger partial charge on any atom is 0.174 e. The van der Waals surface area contributed by atoms with Crippen molar-refractivity contribution in [2.45, 2.75) is 66.7 Å². The Hall–Kier alpha value is -3.64. The van der Waals surface area contributed by atoms with E-state index in [1.54, 1.807) is 0 Å². The molecule has 6 heteroatoms. The van der Waals surface area contributed by atoms with Gasteiger partial charge in [0.2, 0.25) is 0 Å². The number of nitrogens with one attached hydrogen (secondary N) is 1. The minimum absolute atomic E-state index is 0.0692. The van der Waals surface area contributed by atoms with Crippen molar-refractivity contribution < 1.29 is 4.74 Å². The van der Waals surface area contributed by atoms with Gasteiger partial charge in [-0.2, -0.15) is 0 Å². The van der Waals surface area contributed by atoms with E-state index in [1.807, 2.05) is 44.3 Å². The number of pyridine rings is 1. The zero-order valence-corrected chi connectivity index (χ0v) is 24.1. The van der Waals surface area contributed by atoms with Crippen molar-refractivity contribution in [2.75, 3.05) is 4.90 Å². The molecule has 1 N–H and O–H groups in total. The predicted octanol–water partition coefficient (Wildman–Crippen LogP) is 7.38. The average Bonchev–Trinajstić information content (AvgIpc) is 3.35. The first-order valence-corrected chi connectivity index (χ1v) is 13.6. The quantitative estimate of drug-likeness (QED) is 0.267. The van der Waals surface area contributed by atoms with Gasteiger partial charge in [-0.05, 0) is 120 Å². The number of anilines is 1. The molecule has 1 saturated heterocycles. The first-order valence-electron chi connectivity index (χ1n) is 13.2. The van der Waals surface area contributed by atoms with Crippen molar-refractivity contribution in [3.05, 3.63) is 106 Å². The second kappa shape index (κ2) is 10.3. The Morgan fingerprint density at radius 2 is 1.61 bits per heavy atom. The van der Waals surface area contributed by atoms with Crippen LogP contribution in [0.2, 0.25) is 0 Å². The van der Waals surface area contributed by atoms with Crippen LogP contribution >= 0.6 is 12.2 Å². The lowest BCUT2D eigenvalue weighted by atomic mass is 9.96. The van der Waals surface area contributed by atoms with Gasteiger partial charge in [-0.25, -0.2) is 0 Å². The molecule has 1 fully saturated rings. The van der Waals surface area contributed by atoms with Gasteiger partial charge in [0.25, 0.3) is 0 Å². The molecule has 4 aromatic rings. The van der Waals surface area contributed by atoms with Crippen molar-refractivity contribution >= 4 is 23.0 Å². The van der Waals surface area contributed by atoms with E-state index in [0.29, 0.717) is 5.11 Å². The monoisotopic (exact) mass is 524 g/mol. The molecule has 0 amide bonds. The Kier molecular flexibility index (Phi) is 7.01. The first kappa shape index (κ1) is 26.0. The lowest BCUT2D eigenvalue weighted by Gasteiger charge is -2.28. The van der Waals surface area contributed by atoms with Gasteiger partial charge in [0.05, 0.1) is 29.6 Å². The maximum atomic E-state index is 5.96. The topological polar surface area (TPSA) is 42.3 Å². The summed E-state index contributed by atoms with van der Waals surface area (Å²) in [5.41, 5.74) is 10.7. The number of nitrogens with zero attached hydrogens (tertiary/aromatic N) is 3. The smallest absolute Gasteiger partial charge is 0.174 e. The second-order valence-corrected chi connectivity index (χ2v) is 11.0. The highest BCUT2D eigenvalue weighted by Gasteiger charge is 2.42. The molecule has 5 nitrogen and oxygen atoms in total. The number of ether oxygens (including phenoxy) is 1. The third kappa shape index (κ3) is 4.69. The van der Waals surface area contributed by atoms with Crippen LogP contribution in [0.1, 0.15) is 65.3 Å². The number of benzene rings is 2. The number of aryl methyl sites for hydroxylation is 4. The lowest BCUT2D eigenvalue weighted by Crippen LogP contribution is -2.29. The largest absolute Gasteiger partial charge is 0.491 e. The first-order chi connectivity index (χ1) is 18.2. The van der Waals surface area contributed by atoms with E-state index in [1.165, 1.54) is 39.3 Å². The minimum atomic E-state index is -0.0931. The molecule has 0 unspecified atom stereocenters. The molecule has 0 aliphatic carbocycles. The van der Waals surface area contributed by atoms with E-state index in [9.17, 15) is 0 Å². The van der Waals surface area contributed by atoms with Crippen LogP contribution < -0.4 is 15.0 Å². The van der Waals surface area contributed by atoms with Crippen LogP contribution in [-0.4, -0.2) is 20.8 Å². The summed E-state index contributed by atoms with van der Waals surface area (Å²) in [4.78, 5) is 6.96. The van der Waals surface area contributed by atoms with Crippen molar-refractivity contribution in [3.63, 3.8) is 0 Å². The van der Waals surface area contributed by atoms with Gasteiger partial charge in [0.1, 0.15) is 5.75 Å². The van der Waals surface area contributed by atoms with Crippen LogP contribution in [0.3, 0.4) is 0 Å². The fourth-order valence-corrected chi connectivity index (χ4v) is 6.21. The summed E-state index contributed by atoms with van der Waals surface area (Å²) in [7, 11) is 0. The number of aromatic nitrogens is 2. The molecule has 0 radical (unpaired) electrons. The summed E-state index contributed by atoms with van der Waals surface area (Å²) in [6, 6.07) is 20.9. The van der Waals surface area contributed by atoms with Gasteiger partial charge in [0.15, 0.2) is 5.11 Å².